The molecule has 0 unspecified atom stereocenters. The molecule has 7 nitrogen and oxygen atoms in total. The van der Waals surface area contributed by atoms with Gasteiger partial charge in [0.1, 0.15) is 24.8 Å². The molecule has 0 spiro atoms. The lowest BCUT2D eigenvalue weighted by molar-refractivity contribution is -0.144. The molecular formula is C21H19NO6S2. The zero-order chi connectivity index (χ0) is 21.0. The highest BCUT2D eigenvalue weighted by Crippen LogP contribution is 2.32. The molecule has 9 heteroatoms. The third-order valence-corrected chi connectivity index (χ3v) is 7.06. The zero-order valence-corrected chi connectivity index (χ0v) is 17.6. The van der Waals surface area contributed by atoms with Crippen LogP contribution in [0.4, 0.5) is 0 Å². The van der Waals surface area contributed by atoms with Gasteiger partial charge >= 0.3 is 5.97 Å². The summed E-state index contributed by atoms with van der Waals surface area (Å²) < 4.78 is 41.1. The van der Waals surface area contributed by atoms with Crippen LogP contribution in [0, 0.1) is 0 Å². The van der Waals surface area contributed by atoms with Gasteiger partial charge in [-0.05, 0) is 12.1 Å². The predicted octanol–water partition coefficient (Wildman–Crippen LogP) is 3.49. The molecule has 0 aliphatic carbocycles. The summed E-state index contributed by atoms with van der Waals surface area (Å²) in [7, 11) is -3.65. The van der Waals surface area contributed by atoms with E-state index in [1.165, 1.54) is 23.5 Å². The van der Waals surface area contributed by atoms with Crippen LogP contribution in [-0.2, 0) is 26.0 Å². The van der Waals surface area contributed by atoms with E-state index in [4.69, 9.17) is 14.2 Å². The van der Waals surface area contributed by atoms with Crippen molar-refractivity contribution in [2.24, 2.45) is 0 Å². The van der Waals surface area contributed by atoms with Crippen LogP contribution in [0.2, 0.25) is 0 Å². The van der Waals surface area contributed by atoms with E-state index in [0.29, 0.717) is 30.4 Å². The number of aromatic nitrogens is 1. The van der Waals surface area contributed by atoms with E-state index in [9.17, 15) is 13.2 Å². The van der Waals surface area contributed by atoms with Gasteiger partial charge in [0, 0.05) is 17.0 Å². The first-order valence-electron chi connectivity index (χ1n) is 9.29. The summed E-state index contributed by atoms with van der Waals surface area (Å²) in [6.07, 6.45) is -0.244. The molecule has 0 atom stereocenters. The molecule has 0 saturated heterocycles. The lowest BCUT2D eigenvalue weighted by Crippen LogP contribution is -2.17. The molecule has 30 heavy (non-hydrogen) atoms. The van der Waals surface area contributed by atoms with E-state index in [1.54, 1.807) is 6.07 Å². The Morgan fingerprint density at radius 3 is 2.63 bits per heavy atom. The maximum atomic E-state index is 12.5. The summed E-state index contributed by atoms with van der Waals surface area (Å²) >= 11 is 1.46. The van der Waals surface area contributed by atoms with Crippen molar-refractivity contribution >= 4 is 27.1 Å². The highest BCUT2D eigenvalue weighted by atomic mass is 32.2. The number of hydrogen-bond donors (Lipinski definition) is 0. The second-order valence-electron chi connectivity index (χ2n) is 6.55. The lowest BCUT2D eigenvalue weighted by Gasteiger charge is -2.18. The van der Waals surface area contributed by atoms with Gasteiger partial charge in [0.2, 0.25) is 0 Å². The molecule has 1 aromatic heterocycles. The number of esters is 1. The molecule has 1 aliphatic heterocycles. The van der Waals surface area contributed by atoms with Crippen molar-refractivity contribution < 1.29 is 27.4 Å². The highest BCUT2D eigenvalue weighted by Gasteiger charge is 2.21. The van der Waals surface area contributed by atoms with Gasteiger partial charge in [0.05, 0.1) is 22.8 Å². The number of benzene rings is 2. The molecule has 0 N–H and O–H groups in total. The van der Waals surface area contributed by atoms with Gasteiger partial charge in [0.25, 0.3) is 0 Å². The van der Waals surface area contributed by atoms with E-state index in [0.717, 1.165) is 10.6 Å². The largest absolute Gasteiger partial charge is 0.486 e. The monoisotopic (exact) mass is 445 g/mol. The summed E-state index contributed by atoms with van der Waals surface area (Å²) in [6.45, 7) is 0.800. The normalized spacial score (nSPS) is 13.1. The number of carbonyl (C=O) groups excluding carboxylic acids is 1. The minimum Gasteiger partial charge on any atom is -0.486 e. The Labute approximate surface area is 178 Å². The number of nitrogens with zero attached hydrogens (tertiary/aromatic N) is 1. The van der Waals surface area contributed by atoms with Gasteiger partial charge in [-0.2, -0.15) is 0 Å². The SMILES string of the molecule is O=C(CCS(=O)(=O)c1ccc2c(c1)OCCO2)OCc1csc(-c2ccccc2)n1. The van der Waals surface area contributed by atoms with Crippen molar-refractivity contribution in [3.63, 3.8) is 0 Å². The third-order valence-electron chi connectivity index (χ3n) is 4.40. The summed E-state index contributed by atoms with van der Waals surface area (Å²) in [4.78, 5) is 16.6. The number of thiazole rings is 1. The van der Waals surface area contributed by atoms with Crippen molar-refractivity contribution in [2.75, 3.05) is 19.0 Å². The van der Waals surface area contributed by atoms with Crippen LogP contribution in [0.25, 0.3) is 10.6 Å². The molecular weight excluding hydrogens is 426 g/mol. The van der Waals surface area contributed by atoms with Crippen LogP contribution in [-0.4, -0.2) is 38.3 Å². The molecule has 2 aromatic carbocycles. The fraction of sp³-hybridized carbons (Fsp3) is 0.238. The van der Waals surface area contributed by atoms with Gasteiger partial charge in [-0.25, -0.2) is 13.4 Å². The van der Waals surface area contributed by atoms with Crippen molar-refractivity contribution in [1.29, 1.82) is 0 Å². The Kier molecular flexibility index (Phi) is 6.01. The first kappa shape index (κ1) is 20.4. The lowest BCUT2D eigenvalue weighted by atomic mass is 10.2. The fourth-order valence-corrected chi connectivity index (χ4v) is 4.91. The highest BCUT2D eigenvalue weighted by molar-refractivity contribution is 7.91. The molecule has 4 rings (SSSR count). The Hall–Kier alpha value is -2.91. The van der Waals surface area contributed by atoms with E-state index in [1.807, 2.05) is 35.7 Å². The van der Waals surface area contributed by atoms with Gasteiger partial charge < -0.3 is 14.2 Å². The quantitative estimate of drug-likeness (QED) is 0.514. The number of fused-ring (bicyclic) bond motifs is 1. The van der Waals surface area contributed by atoms with E-state index in [2.05, 4.69) is 4.98 Å². The summed E-state index contributed by atoms with van der Waals surface area (Å²) in [6, 6.07) is 14.1. The number of carbonyl (C=O) groups is 1. The molecule has 0 saturated carbocycles. The van der Waals surface area contributed by atoms with Crippen LogP contribution in [0.1, 0.15) is 12.1 Å². The average Bonchev–Trinajstić information content (AvgIpc) is 3.26. The Morgan fingerprint density at radius 1 is 1.07 bits per heavy atom. The molecule has 0 radical (unpaired) electrons. The smallest absolute Gasteiger partial charge is 0.307 e. The molecule has 3 aromatic rings. The van der Waals surface area contributed by atoms with Crippen molar-refractivity contribution in [1.82, 2.24) is 4.98 Å². The Balaban J connectivity index is 1.31. The second kappa shape index (κ2) is 8.85. The maximum absolute atomic E-state index is 12.5. The standard InChI is InChI=1S/C21H19NO6S2/c23-20(28-13-16-14-29-21(22-16)15-4-2-1-3-5-15)8-11-30(24,25)17-6-7-18-19(12-17)27-10-9-26-18/h1-7,12,14H,8-11,13H2. The molecule has 0 amide bonds. The molecule has 156 valence electrons. The minimum atomic E-state index is -3.65. The molecule has 0 fully saturated rings. The Bertz CT molecular complexity index is 1140. The first-order valence-corrected chi connectivity index (χ1v) is 11.8. The number of sulfone groups is 1. The minimum absolute atomic E-state index is 0.00619. The van der Waals surface area contributed by atoms with Crippen LogP contribution in [0.15, 0.2) is 58.8 Å². The van der Waals surface area contributed by atoms with E-state index in [-0.39, 0.29) is 23.7 Å². The van der Waals surface area contributed by atoms with Crippen molar-refractivity contribution in [3.8, 4) is 22.1 Å². The average molecular weight is 446 g/mol. The van der Waals surface area contributed by atoms with Gasteiger partial charge in [-0.1, -0.05) is 30.3 Å². The maximum Gasteiger partial charge on any atom is 0.307 e. The first-order chi connectivity index (χ1) is 14.5. The second-order valence-corrected chi connectivity index (χ2v) is 9.51. The summed E-state index contributed by atoms with van der Waals surface area (Å²) in [5.74, 6) is -0.0385. The van der Waals surface area contributed by atoms with Gasteiger partial charge in [-0.15, -0.1) is 11.3 Å². The van der Waals surface area contributed by atoms with Crippen LogP contribution < -0.4 is 9.47 Å². The molecule has 1 aliphatic rings. The fourth-order valence-electron chi connectivity index (χ4n) is 2.87. The van der Waals surface area contributed by atoms with Crippen LogP contribution >= 0.6 is 11.3 Å². The zero-order valence-electron chi connectivity index (χ0n) is 15.9. The summed E-state index contributed by atoms with van der Waals surface area (Å²) in [5, 5.41) is 2.66. The topological polar surface area (TPSA) is 91.8 Å². The van der Waals surface area contributed by atoms with E-state index >= 15 is 0 Å². The Morgan fingerprint density at radius 2 is 1.83 bits per heavy atom. The third kappa shape index (κ3) is 4.80. The number of rotatable bonds is 7. The molecule has 2 heterocycles. The van der Waals surface area contributed by atoms with Gasteiger partial charge in [0.15, 0.2) is 21.3 Å². The number of ether oxygens (including phenoxy) is 3. The van der Waals surface area contributed by atoms with Crippen molar-refractivity contribution in [3.05, 3.63) is 59.6 Å². The predicted molar refractivity (Wildman–Crippen MR) is 111 cm³/mol. The van der Waals surface area contributed by atoms with Crippen LogP contribution in [0.3, 0.4) is 0 Å². The number of hydrogen-bond acceptors (Lipinski definition) is 8. The van der Waals surface area contributed by atoms with Gasteiger partial charge in [-0.3, -0.25) is 4.79 Å². The van der Waals surface area contributed by atoms with E-state index < -0.39 is 15.8 Å². The van der Waals surface area contributed by atoms with Crippen LogP contribution in [0.5, 0.6) is 11.5 Å². The summed E-state index contributed by atoms with van der Waals surface area (Å²) in [5.41, 5.74) is 1.62. The van der Waals surface area contributed by atoms with Crippen molar-refractivity contribution in [2.45, 2.75) is 17.9 Å². The molecule has 0 bridgehead atoms.